The number of rotatable bonds is 4. The van der Waals surface area contributed by atoms with Crippen molar-refractivity contribution in [2.45, 2.75) is 19.8 Å². The molecule has 0 heterocycles. The monoisotopic (exact) mass is 300 g/mol. The first-order valence-electron chi connectivity index (χ1n) is 6.75. The van der Waals surface area contributed by atoms with Gasteiger partial charge in [0.05, 0.1) is 6.21 Å². The summed E-state index contributed by atoms with van der Waals surface area (Å²) in [5.74, 6) is 0.214. The largest absolute Gasteiger partial charge is 0.271 e. The Labute approximate surface area is 129 Å². The number of hydrogen-bond acceptors (Lipinski definition) is 2. The summed E-state index contributed by atoms with van der Waals surface area (Å²) in [6.07, 6.45) is 1.62. The third-order valence-corrected chi connectivity index (χ3v) is 3.30. The van der Waals surface area contributed by atoms with E-state index < -0.39 is 0 Å². The van der Waals surface area contributed by atoms with E-state index in [0.717, 1.165) is 5.56 Å². The number of amides is 1. The summed E-state index contributed by atoms with van der Waals surface area (Å²) in [4.78, 5) is 11.8. The van der Waals surface area contributed by atoms with Gasteiger partial charge >= 0.3 is 0 Å². The SMILES string of the molecule is CC(C)c1ccc(/C=N/NC(=O)c2cccc(Cl)c2)cc1. The molecule has 0 aliphatic carbocycles. The maximum Gasteiger partial charge on any atom is 0.271 e. The van der Waals surface area contributed by atoms with Gasteiger partial charge < -0.3 is 0 Å². The van der Waals surface area contributed by atoms with E-state index in [4.69, 9.17) is 11.6 Å². The number of carbonyl (C=O) groups excluding carboxylic acids is 1. The van der Waals surface area contributed by atoms with E-state index in [9.17, 15) is 4.79 Å². The Morgan fingerprint density at radius 3 is 2.52 bits per heavy atom. The standard InChI is InChI=1S/C17H17ClN2O/c1-12(2)14-8-6-13(7-9-14)11-19-20-17(21)15-4-3-5-16(18)10-15/h3-12H,1-2H3,(H,20,21)/b19-11+. The molecule has 0 atom stereocenters. The number of nitrogens with zero attached hydrogens (tertiary/aromatic N) is 1. The lowest BCUT2D eigenvalue weighted by Gasteiger charge is -2.04. The molecular formula is C17H17ClN2O. The first kappa shape index (κ1) is 15.3. The van der Waals surface area contributed by atoms with Gasteiger partial charge in [-0.25, -0.2) is 5.43 Å². The van der Waals surface area contributed by atoms with Crippen LogP contribution in [0.1, 0.15) is 41.3 Å². The zero-order valence-corrected chi connectivity index (χ0v) is 12.8. The van der Waals surface area contributed by atoms with Crippen molar-refractivity contribution in [1.82, 2.24) is 5.43 Å². The van der Waals surface area contributed by atoms with Gasteiger partial charge in [0.15, 0.2) is 0 Å². The summed E-state index contributed by atoms with van der Waals surface area (Å²) in [6.45, 7) is 4.29. The van der Waals surface area contributed by atoms with Crippen molar-refractivity contribution in [2.75, 3.05) is 0 Å². The fourth-order valence-corrected chi connectivity index (χ4v) is 2.02. The van der Waals surface area contributed by atoms with Crippen LogP contribution >= 0.6 is 11.6 Å². The third-order valence-electron chi connectivity index (χ3n) is 3.07. The molecule has 21 heavy (non-hydrogen) atoms. The highest BCUT2D eigenvalue weighted by Gasteiger charge is 2.03. The Kier molecular flexibility index (Phi) is 5.12. The minimum Gasteiger partial charge on any atom is -0.267 e. The van der Waals surface area contributed by atoms with Gasteiger partial charge in [-0.15, -0.1) is 0 Å². The number of hydrogen-bond donors (Lipinski definition) is 1. The second-order valence-electron chi connectivity index (χ2n) is 5.03. The van der Waals surface area contributed by atoms with Crippen molar-refractivity contribution in [3.63, 3.8) is 0 Å². The lowest BCUT2D eigenvalue weighted by Crippen LogP contribution is -2.17. The van der Waals surface area contributed by atoms with E-state index >= 15 is 0 Å². The van der Waals surface area contributed by atoms with E-state index in [1.165, 1.54) is 5.56 Å². The van der Waals surface area contributed by atoms with Crippen LogP contribution < -0.4 is 5.43 Å². The van der Waals surface area contributed by atoms with Crippen LogP contribution in [0.2, 0.25) is 5.02 Å². The first-order valence-corrected chi connectivity index (χ1v) is 7.13. The molecule has 0 unspecified atom stereocenters. The molecule has 2 rings (SSSR count). The van der Waals surface area contributed by atoms with Crippen LogP contribution in [-0.2, 0) is 0 Å². The van der Waals surface area contributed by atoms with Crippen molar-refractivity contribution in [1.29, 1.82) is 0 Å². The van der Waals surface area contributed by atoms with Gasteiger partial charge in [0.25, 0.3) is 5.91 Å². The van der Waals surface area contributed by atoms with Crippen molar-refractivity contribution in [3.8, 4) is 0 Å². The van der Waals surface area contributed by atoms with Crippen LogP contribution in [0, 0.1) is 0 Å². The first-order chi connectivity index (χ1) is 10.1. The zero-order valence-electron chi connectivity index (χ0n) is 12.0. The fourth-order valence-electron chi connectivity index (χ4n) is 1.83. The van der Waals surface area contributed by atoms with Gasteiger partial charge in [-0.05, 0) is 35.2 Å². The predicted octanol–water partition coefficient (Wildman–Crippen LogP) is 4.23. The minimum atomic E-state index is -0.285. The highest BCUT2D eigenvalue weighted by molar-refractivity contribution is 6.30. The van der Waals surface area contributed by atoms with Gasteiger partial charge in [-0.3, -0.25) is 4.79 Å². The molecule has 2 aromatic rings. The molecule has 0 spiro atoms. The van der Waals surface area contributed by atoms with Crippen LogP contribution in [0.25, 0.3) is 0 Å². The predicted molar refractivity (Wildman–Crippen MR) is 87.0 cm³/mol. The topological polar surface area (TPSA) is 41.5 Å². The quantitative estimate of drug-likeness (QED) is 0.666. The van der Waals surface area contributed by atoms with Crippen molar-refractivity contribution >= 4 is 23.7 Å². The molecule has 0 bridgehead atoms. The third kappa shape index (κ3) is 4.43. The van der Waals surface area contributed by atoms with Crippen molar-refractivity contribution in [3.05, 3.63) is 70.2 Å². The van der Waals surface area contributed by atoms with Crippen LogP contribution in [0.3, 0.4) is 0 Å². The van der Waals surface area contributed by atoms with Crippen molar-refractivity contribution in [2.24, 2.45) is 5.10 Å². The average molecular weight is 301 g/mol. The van der Waals surface area contributed by atoms with E-state index in [1.807, 2.05) is 12.1 Å². The molecule has 0 saturated carbocycles. The fraction of sp³-hybridized carbons (Fsp3) is 0.176. The van der Waals surface area contributed by atoms with Crippen LogP contribution in [0.4, 0.5) is 0 Å². The van der Waals surface area contributed by atoms with E-state index in [0.29, 0.717) is 16.5 Å². The molecule has 0 fully saturated rings. The Hall–Kier alpha value is -2.13. The number of carbonyl (C=O) groups is 1. The summed E-state index contributed by atoms with van der Waals surface area (Å²) < 4.78 is 0. The maximum atomic E-state index is 11.8. The second-order valence-corrected chi connectivity index (χ2v) is 5.47. The summed E-state index contributed by atoms with van der Waals surface area (Å²) in [6, 6.07) is 14.8. The molecule has 1 amide bonds. The number of halogens is 1. The summed E-state index contributed by atoms with van der Waals surface area (Å²) in [5, 5.41) is 4.48. The average Bonchev–Trinajstić information content (AvgIpc) is 2.47. The maximum absolute atomic E-state index is 11.8. The lowest BCUT2D eigenvalue weighted by molar-refractivity contribution is 0.0955. The van der Waals surface area contributed by atoms with Gasteiger partial charge in [-0.1, -0.05) is 55.8 Å². The highest BCUT2D eigenvalue weighted by atomic mass is 35.5. The molecule has 3 nitrogen and oxygen atoms in total. The summed E-state index contributed by atoms with van der Waals surface area (Å²) in [7, 11) is 0. The minimum absolute atomic E-state index is 0.285. The molecule has 0 radical (unpaired) electrons. The van der Waals surface area contributed by atoms with Gasteiger partial charge in [0.1, 0.15) is 0 Å². The summed E-state index contributed by atoms with van der Waals surface area (Å²) in [5.41, 5.74) is 5.17. The van der Waals surface area contributed by atoms with Crippen LogP contribution in [-0.4, -0.2) is 12.1 Å². The second kappa shape index (κ2) is 7.04. The van der Waals surface area contributed by atoms with Gasteiger partial charge in [0, 0.05) is 10.6 Å². The molecule has 4 heteroatoms. The highest BCUT2D eigenvalue weighted by Crippen LogP contribution is 2.14. The Balaban J connectivity index is 1.97. The smallest absolute Gasteiger partial charge is 0.267 e. The van der Waals surface area contributed by atoms with Crippen molar-refractivity contribution < 1.29 is 4.79 Å². The molecule has 0 aromatic heterocycles. The molecular weight excluding hydrogens is 284 g/mol. The number of hydrazone groups is 1. The Morgan fingerprint density at radius 2 is 1.90 bits per heavy atom. The van der Waals surface area contributed by atoms with Gasteiger partial charge in [0.2, 0.25) is 0 Å². The lowest BCUT2D eigenvalue weighted by atomic mass is 10.0. The van der Waals surface area contributed by atoms with Crippen LogP contribution in [0.15, 0.2) is 53.6 Å². The van der Waals surface area contributed by atoms with E-state index in [1.54, 1.807) is 30.5 Å². The normalized spacial score (nSPS) is 11.0. The zero-order chi connectivity index (χ0) is 15.2. The van der Waals surface area contributed by atoms with Crippen LogP contribution in [0.5, 0.6) is 0 Å². The molecule has 0 aliphatic heterocycles. The molecule has 0 saturated heterocycles. The Morgan fingerprint density at radius 1 is 1.19 bits per heavy atom. The molecule has 108 valence electrons. The molecule has 2 aromatic carbocycles. The molecule has 1 N–H and O–H groups in total. The number of benzene rings is 2. The van der Waals surface area contributed by atoms with E-state index in [2.05, 4.69) is 36.5 Å². The van der Waals surface area contributed by atoms with Gasteiger partial charge in [-0.2, -0.15) is 5.10 Å². The Bertz CT molecular complexity index is 648. The van der Waals surface area contributed by atoms with E-state index in [-0.39, 0.29) is 5.91 Å². The molecule has 0 aliphatic rings. The number of nitrogens with one attached hydrogen (secondary N) is 1. The summed E-state index contributed by atoms with van der Waals surface area (Å²) >= 11 is 5.84.